The Labute approximate surface area is 136 Å². The number of aromatic nitrogens is 1. The number of amides is 1. The predicted octanol–water partition coefficient (Wildman–Crippen LogP) is 2.18. The van der Waals surface area contributed by atoms with Crippen molar-refractivity contribution in [3.8, 4) is 6.07 Å². The van der Waals surface area contributed by atoms with Gasteiger partial charge in [0.25, 0.3) is 5.91 Å². The molecule has 0 unspecified atom stereocenters. The number of hydrogen-bond donors (Lipinski definition) is 1. The van der Waals surface area contributed by atoms with E-state index in [0.717, 1.165) is 16.9 Å². The van der Waals surface area contributed by atoms with Gasteiger partial charge < -0.3 is 10.1 Å². The second-order valence-corrected chi connectivity index (χ2v) is 6.13. The summed E-state index contributed by atoms with van der Waals surface area (Å²) in [5, 5.41) is 11.7. The SMILES string of the molecule is N#C[C@H](C(=O)Nc1ccccn1)C(=O)c1cc2c(s1)CCOC2. The molecule has 0 spiro atoms. The molecule has 1 aliphatic heterocycles. The van der Waals surface area contributed by atoms with E-state index in [1.807, 2.05) is 0 Å². The van der Waals surface area contributed by atoms with Crippen LogP contribution in [0, 0.1) is 17.2 Å². The van der Waals surface area contributed by atoms with Gasteiger partial charge in [-0.3, -0.25) is 9.59 Å². The molecule has 2 aromatic heterocycles. The largest absolute Gasteiger partial charge is 0.376 e. The first-order chi connectivity index (χ1) is 11.2. The fourth-order valence-corrected chi connectivity index (χ4v) is 3.40. The number of nitrogens with zero attached hydrogens (tertiary/aromatic N) is 2. The van der Waals surface area contributed by atoms with Gasteiger partial charge in [0, 0.05) is 17.5 Å². The van der Waals surface area contributed by atoms with E-state index in [-0.39, 0.29) is 0 Å². The van der Waals surface area contributed by atoms with Crippen LogP contribution in [0.5, 0.6) is 0 Å². The van der Waals surface area contributed by atoms with E-state index >= 15 is 0 Å². The van der Waals surface area contributed by atoms with Crippen molar-refractivity contribution < 1.29 is 14.3 Å². The Morgan fingerprint density at radius 3 is 3.00 bits per heavy atom. The van der Waals surface area contributed by atoms with Gasteiger partial charge in [-0.05, 0) is 23.8 Å². The third kappa shape index (κ3) is 3.28. The van der Waals surface area contributed by atoms with Crippen molar-refractivity contribution in [2.45, 2.75) is 13.0 Å². The van der Waals surface area contributed by atoms with Crippen molar-refractivity contribution in [2.75, 3.05) is 11.9 Å². The topological polar surface area (TPSA) is 92.1 Å². The zero-order valence-electron chi connectivity index (χ0n) is 12.1. The van der Waals surface area contributed by atoms with Gasteiger partial charge in [0.05, 0.1) is 24.2 Å². The maximum Gasteiger partial charge on any atom is 0.250 e. The zero-order chi connectivity index (χ0) is 16.2. The minimum atomic E-state index is -1.39. The Kier molecular flexibility index (Phi) is 4.46. The molecule has 0 saturated carbocycles. The Hall–Kier alpha value is -2.56. The van der Waals surface area contributed by atoms with Crippen molar-refractivity contribution in [1.82, 2.24) is 4.98 Å². The van der Waals surface area contributed by atoms with Gasteiger partial charge in [-0.2, -0.15) is 5.26 Å². The molecule has 0 bridgehead atoms. The summed E-state index contributed by atoms with van der Waals surface area (Å²) in [6.45, 7) is 1.10. The molecule has 1 N–H and O–H groups in total. The van der Waals surface area contributed by atoms with E-state index in [1.165, 1.54) is 17.5 Å². The third-order valence-corrected chi connectivity index (χ3v) is 4.69. The first-order valence-corrected chi connectivity index (χ1v) is 7.85. The lowest BCUT2D eigenvalue weighted by molar-refractivity contribution is -0.117. The molecule has 6 nitrogen and oxygen atoms in total. The number of carbonyl (C=O) groups excluding carboxylic acids is 2. The van der Waals surface area contributed by atoms with Gasteiger partial charge in [-0.1, -0.05) is 6.07 Å². The van der Waals surface area contributed by atoms with Crippen LogP contribution < -0.4 is 5.32 Å². The molecule has 1 amide bonds. The lowest BCUT2D eigenvalue weighted by Gasteiger charge is -2.10. The van der Waals surface area contributed by atoms with Gasteiger partial charge in [0.2, 0.25) is 0 Å². The fraction of sp³-hybridized carbons (Fsp3) is 0.250. The zero-order valence-corrected chi connectivity index (χ0v) is 12.9. The number of ether oxygens (including phenoxy) is 1. The van der Waals surface area contributed by atoms with Crippen molar-refractivity contribution in [3.05, 3.63) is 45.8 Å². The first-order valence-electron chi connectivity index (χ1n) is 7.04. The Bertz CT molecular complexity index is 756. The van der Waals surface area contributed by atoms with Crippen LogP contribution >= 0.6 is 11.3 Å². The summed E-state index contributed by atoms with van der Waals surface area (Å²) >= 11 is 1.33. The molecule has 0 fully saturated rings. The highest BCUT2D eigenvalue weighted by Gasteiger charge is 2.30. The minimum Gasteiger partial charge on any atom is -0.376 e. The number of carbonyl (C=O) groups is 2. The summed E-state index contributed by atoms with van der Waals surface area (Å²) in [7, 11) is 0. The van der Waals surface area contributed by atoms with Crippen LogP contribution in [-0.4, -0.2) is 23.3 Å². The smallest absolute Gasteiger partial charge is 0.250 e. The highest BCUT2D eigenvalue weighted by atomic mass is 32.1. The van der Waals surface area contributed by atoms with E-state index in [4.69, 9.17) is 4.74 Å². The molecule has 0 aromatic carbocycles. The van der Waals surface area contributed by atoms with Crippen LogP contribution in [0.3, 0.4) is 0 Å². The lowest BCUT2D eigenvalue weighted by Crippen LogP contribution is -2.28. The molecule has 3 heterocycles. The number of pyridine rings is 1. The van der Waals surface area contributed by atoms with Crippen LogP contribution in [0.15, 0.2) is 30.5 Å². The average molecular weight is 327 g/mol. The molecule has 0 radical (unpaired) electrons. The maximum atomic E-state index is 12.5. The highest BCUT2D eigenvalue weighted by molar-refractivity contribution is 7.14. The number of rotatable bonds is 4. The van der Waals surface area contributed by atoms with Gasteiger partial charge in [-0.15, -0.1) is 11.3 Å². The van der Waals surface area contributed by atoms with Gasteiger partial charge in [-0.25, -0.2) is 4.98 Å². The second kappa shape index (κ2) is 6.69. The number of anilines is 1. The molecule has 23 heavy (non-hydrogen) atoms. The van der Waals surface area contributed by atoms with Crippen LogP contribution in [0.4, 0.5) is 5.82 Å². The number of thiophene rings is 1. The van der Waals surface area contributed by atoms with Crippen molar-refractivity contribution >= 4 is 28.8 Å². The van der Waals surface area contributed by atoms with Crippen LogP contribution in [0.25, 0.3) is 0 Å². The standard InChI is InChI=1S/C16H13N3O3S/c17-8-11(16(21)19-14-3-1-2-5-18-14)15(20)13-7-10-9-22-6-4-12(10)23-13/h1-3,5,7,11H,4,6,9H2,(H,18,19,21)/t11-/m0/s1. The van der Waals surface area contributed by atoms with E-state index < -0.39 is 17.6 Å². The minimum absolute atomic E-state index is 0.310. The number of nitrogens with one attached hydrogen (secondary N) is 1. The molecule has 1 aliphatic rings. The summed E-state index contributed by atoms with van der Waals surface area (Å²) in [5.74, 6) is -2.23. The predicted molar refractivity (Wildman–Crippen MR) is 84.0 cm³/mol. The molecular weight excluding hydrogens is 314 g/mol. The van der Waals surface area contributed by atoms with Crippen LogP contribution in [-0.2, 0) is 22.6 Å². The van der Waals surface area contributed by atoms with Gasteiger partial charge >= 0.3 is 0 Å². The average Bonchev–Trinajstić information content (AvgIpc) is 3.00. The number of nitriles is 1. The molecule has 116 valence electrons. The molecule has 0 aliphatic carbocycles. The quantitative estimate of drug-likeness (QED) is 0.686. The molecule has 3 rings (SSSR count). The lowest BCUT2D eigenvalue weighted by atomic mass is 10.0. The molecular formula is C16H13N3O3S. The first kappa shape index (κ1) is 15.3. The fourth-order valence-electron chi connectivity index (χ4n) is 2.28. The number of hydrogen-bond acceptors (Lipinski definition) is 6. The van der Waals surface area contributed by atoms with E-state index in [0.29, 0.717) is 23.9 Å². The van der Waals surface area contributed by atoms with Crippen LogP contribution in [0.1, 0.15) is 20.1 Å². The van der Waals surface area contributed by atoms with Gasteiger partial charge in [0.15, 0.2) is 11.7 Å². The molecule has 7 heteroatoms. The Morgan fingerprint density at radius 1 is 1.43 bits per heavy atom. The summed E-state index contributed by atoms with van der Waals surface area (Å²) < 4.78 is 5.35. The Balaban J connectivity index is 1.77. The monoisotopic (exact) mass is 327 g/mol. The van der Waals surface area contributed by atoms with Crippen molar-refractivity contribution in [2.24, 2.45) is 5.92 Å². The summed E-state index contributed by atoms with van der Waals surface area (Å²) in [6, 6.07) is 8.52. The third-order valence-electron chi connectivity index (χ3n) is 3.44. The van der Waals surface area contributed by atoms with E-state index in [9.17, 15) is 14.9 Å². The maximum absolute atomic E-state index is 12.5. The molecule has 0 saturated heterocycles. The number of Topliss-reactive ketones (excluding diaryl/α,β-unsaturated/α-hetero) is 1. The summed E-state index contributed by atoms with van der Waals surface area (Å²) in [4.78, 5) is 30.1. The van der Waals surface area contributed by atoms with Gasteiger partial charge in [0.1, 0.15) is 5.82 Å². The van der Waals surface area contributed by atoms with Crippen LogP contribution in [0.2, 0.25) is 0 Å². The second-order valence-electron chi connectivity index (χ2n) is 4.99. The van der Waals surface area contributed by atoms with Crippen molar-refractivity contribution in [1.29, 1.82) is 5.26 Å². The van der Waals surface area contributed by atoms with Crippen molar-refractivity contribution in [3.63, 3.8) is 0 Å². The summed E-state index contributed by atoms with van der Waals surface area (Å²) in [5.41, 5.74) is 0.964. The number of ketones is 1. The molecule has 1 atom stereocenters. The Morgan fingerprint density at radius 2 is 2.30 bits per heavy atom. The highest BCUT2D eigenvalue weighted by Crippen LogP contribution is 2.28. The normalized spacial score (nSPS) is 14.4. The van der Waals surface area contributed by atoms with E-state index in [1.54, 1.807) is 30.3 Å². The van der Waals surface area contributed by atoms with E-state index in [2.05, 4.69) is 10.3 Å². The number of fused-ring (bicyclic) bond motifs is 1. The molecule has 2 aromatic rings. The summed E-state index contributed by atoms with van der Waals surface area (Å²) in [6.07, 6.45) is 2.27.